The van der Waals surface area contributed by atoms with Gasteiger partial charge in [-0.15, -0.1) is 11.3 Å². The van der Waals surface area contributed by atoms with Crippen LogP contribution in [-0.2, 0) is 12.7 Å². The molecule has 1 N–H and O–H groups in total. The van der Waals surface area contributed by atoms with Crippen molar-refractivity contribution in [2.75, 3.05) is 6.54 Å². The van der Waals surface area contributed by atoms with Gasteiger partial charge in [-0.2, -0.15) is 18.3 Å². The largest absolute Gasteiger partial charge is 0.435 e. The molecule has 0 radical (unpaired) electrons. The molecule has 0 saturated carbocycles. The number of hydrogen-bond donors (Lipinski definition) is 1. The second kappa shape index (κ2) is 8.11. The van der Waals surface area contributed by atoms with Crippen LogP contribution in [0.3, 0.4) is 0 Å². The van der Waals surface area contributed by atoms with E-state index in [4.69, 9.17) is 0 Å². The Morgan fingerprint density at radius 3 is 2.62 bits per heavy atom. The number of hydrogen-bond acceptors (Lipinski definition) is 5. The fourth-order valence-corrected chi connectivity index (χ4v) is 3.48. The maximum Gasteiger partial charge on any atom is 0.435 e. The Hall–Kier alpha value is -3.08. The second-order valence-corrected chi connectivity index (χ2v) is 6.95. The lowest BCUT2D eigenvalue weighted by Crippen LogP contribution is -2.32. The molecule has 0 atom stereocenters. The van der Waals surface area contributed by atoms with Crippen molar-refractivity contribution in [1.82, 2.24) is 20.1 Å². The number of nitrogens with one attached hydrogen (secondary N) is 1. The molecule has 152 valence electrons. The highest BCUT2D eigenvalue weighted by Gasteiger charge is 2.33. The highest BCUT2D eigenvalue weighted by Crippen LogP contribution is 2.29. The number of nitrogens with zero attached hydrogens (tertiary/aromatic N) is 3. The first kappa shape index (κ1) is 20.6. The molecule has 1 amide bonds. The van der Waals surface area contributed by atoms with Crippen LogP contribution in [0.25, 0.3) is 10.6 Å². The van der Waals surface area contributed by atoms with E-state index in [9.17, 15) is 27.2 Å². The molecular weight excluding hydrogens is 412 g/mol. The zero-order valence-corrected chi connectivity index (χ0v) is 15.8. The number of benzene rings is 1. The summed E-state index contributed by atoms with van der Waals surface area (Å²) < 4.78 is 52.7. The normalized spacial score (nSPS) is 11.5. The van der Waals surface area contributed by atoms with Gasteiger partial charge in [-0.3, -0.25) is 9.59 Å². The summed E-state index contributed by atoms with van der Waals surface area (Å²) in [6, 6.07) is 7.38. The number of aromatic nitrogens is 3. The fraction of sp³-hybridized carbons (Fsp3) is 0.222. The predicted molar refractivity (Wildman–Crippen MR) is 98.1 cm³/mol. The van der Waals surface area contributed by atoms with E-state index >= 15 is 0 Å². The summed E-state index contributed by atoms with van der Waals surface area (Å²) in [6.07, 6.45) is -4.68. The lowest BCUT2D eigenvalue weighted by Gasteiger charge is -2.09. The summed E-state index contributed by atoms with van der Waals surface area (Å²) in [5.74, 6) is -0.995. The number of carbonyl (C=O) groups excluding carboxylic acids is 1. The fourth-order valence-electron chi connectivity index (χ4n) is 2.47. The number of amides is 1. The molecule has 0 bridgehead atoms. The third-order valence-corrected chi connectivity index (χ3v) is 5.06. The van der Waals surface area contributed by atoms with E-state index in [1.165, 1.54) is 12.1 Å². The Bertz CT molecular complexity index is 1110. The van der Waals surface area contributed by atoms with Crippen molar-refractivity contribution >= 4 is 17.2 Å². The zero-order valence-electron chi connectivity index (χ0n) is 15.0. The zero-order chi connectivity index (χ0) is 21.2. The number of thiazole rings is 1. The average molecular weight is 426 g/mol. The maximum atomic E-state index is 13.9. The quantitative estimate of drug-likeness (QED) is 0.636. The van der Waals surface area contributed by atoms with Crippen molar-refractivity contribution in [2.24, 2.45) is 0 Å². The molecule has 0 aliphatic rings. The van der Waals surface area contributed by atoms with E-state index in [1.54, 1.807) is 19.1 Å². The number of carbonyl (C=O) groups is 1. The Morgan fingerprint density at radius 2 is 1.93 bits per heavy atom. The molecule has 0 aliphatic carbocycles. The first-order chi connectivity index (χ1) is 13.7. The number of alkyl halides is 3. The van der Waals surface area contributed by atoms with Crippen molar-refractivity contribution in [3.05, 3.63) is 68.8 Å². The SMILES string of the molecule is Cc1nc(-c2ccccc2F)sc1C(=O)NCCn1nc(C(F)(F)F)ccc1=O. The molecule has 2 aromatic heterocycles. The standard InChI is InChI=1S/C18H14F4N4O2S/c1-10-15(29-17(24-10)11-4-2-3-5-12(11)19)16(28)23-8-9-26-14(27)7-6-13(25-26)18(20,21)22/h2-7H,8-9H2,1H3,(H,23,28). The first-order valence-electron chi connectivity index (χ1n) is 8.32. The summed E-state index contributed by atoms with van der Waals surface area (Å²) in [5.41, 5.74) is -1.27. The molecule has 29 heavy (non-hydrogen) atoms. The minimum absolute atomic E-state index is 0.126. The van der Waals surface area contributed by atoms with E-state index in [1.807, 2.05) is 0 Å². The van der Waals surface area contributed by atoms with Crippen molar-refractivity contribution < 1.29 is 22.4 Å². The molecule has 3 aromatic rings. The second-order valence-electron chi connectivity index (χ2n) is 5.95. The van der Waals surface area contributed by atoms with Crippen LogP contribution in [0.2, 0.25) is 0 Å². The lowest BCUT2D eigenvalue weighted by atomic mass is 10.2. The Morgan fingerprint density at radius 1 is 1.21 bits per heavy atom. The van der Waals surface area contributed by atoms with Gasteiger partial charge < -0.3 is 5.32 Å². The Labute approximate surface area is 165 Å². The molecular formula is C18H14F4N4O2S. The van der Waals surface area contributed by atoms with Crippen molar-refractivity contribution in [1.29, 1.82) is 0 Å². The van der Waals surface area contributed by atoms with E-state index in [0.29, 0.717) is 21.4 Å². The van der Waals surface area contributed by atoms with Gasteiger partial charge in [0.1, 0.15) is 15.7 Å². The van der Waals surface area contributed by atoms with Gasteiger partial charge in [-0.25, -0.2) is 14.1 Å². The van der Waals surface area contributed by atoms with Gasteiger partial charge in [0, 0.05) is 18.2 Å². The monoisotopic (exact) mass is 426 g/mol. The van der Waals surface area contributed by atoms with Gasteiger partial charge in [-0.1, -0.05) is 12.1 Å². The highest BCUT2D eigenvalue weighted by molar-refractivity contribution is 7.17. The smallest absolute Gasteiger partial charge is 0.349 e. The van der Waals surface area contributed by atoms with Crippen molar-refractivity contribution in [3.63, 3.8) is 0 Å². The van der Waals surface area contributed by atoms with E-state index < -0.39 is 29.2 Å². The third-order valence-electron chi connectivity index (χ3n) is 3.87. The number of rotatable bonds is 5. The summed E-state index contributed by atoms with van der Waals surface area (Å²) in [4.78, 5) is 28.5. The van der Waals surface area contributed by atoms with E-state index in [0.717, 1.165) is 17.4 Å². The van der Waals surface area contributed by atoms with Gasteiger partial charge in [0.25, 0.3) is 11.5 Å². The van der Waals surface area contributed by atoms with Crippen molar-refractivity contribution in [2.45, 2.75) is 19.6 Å². The van der Waals surface area contributed by atoms with Gasteiger partial charge in [0.2, 0.25) is 0 Å². The van der Waals surface area contributed by atoms with Gasteiger partial charge in [0.05, 0.1) is 12.2 Å². The predicted octanol–water partition coefficient (Wildman–Crippen LogP) is 3.26. The van der Waals surface area contributed by atoms with Crippen LogP contribution in [-0.4, -0.2) is 27.2 Å². The van der Waals surface area contributed by atoms with E-state index in [2.05, 4.69) is 15.4 Å². The molecule has 11 heteroatoms. The molecule has 6 nitrogen and oxygen atoms in total. The molecule has 1 aromatic carbocycles. The summed E-state index contributed by atoms with van der Waals surface area (Å²) in [5, 5.41) is 6.11. The molecule has 3 rings (SSSR count). The molecule has 0 spiro atoms. The van der Waals surface area contributed by atoms with Gasteiger partial charge in [-0.05, 0) is 25.1 Å². The van der Waals surface area contributed by atoms with Gasteiger partial charge >= 0.3 is 6.18 Å². The molecule has 0 unspecified atom stereocenters. The minimum Gasteiger partial charge on any atom is -0.349 e. The topological polar surface area (TPSA) is 76.9 Å². The minimum atomic E-state index is -4.68. The number of aryl methyl sites for hydroxylation is 1. The van der Waals surface area contributed by atoms with Gasteiger partial charge in [0.15, 0.2) is 5.69 Å². The highest BCUT2D eigenvalue weighted by atomic mass is 32.1. The molecule has 2 heterocycles. The van der Waals surface area contributed by atoms with Crippen molar-refractivity contribution in [3.8, 4) is 10.6 Å². The molecule has 0 fully saturated rings. The lowest BCUT2D eigenvalue weighted by molar-refractivity contribution is -0.142. The summed E-state index contributed by atoms with van der Waals surface area (Å²) in [6.45, 7) is 1.22. The molecule has 0 saturated heterocycles. The third kappa shape index (κ3) is 4.67. The summed E-state index contributed by atoms with van der Waals surface area (Å²) in [7, 11) is 0. The summed E-state index contributed by atoms with van der Waals surface area (Å²) >= 11 is 0.994. The number of halogens is 4. The Kier molecular flexibility index (Phi) is 5.78. The van der Waals surface area contributed by atoms with Crippen LogP contribution >= 0.6 is 11.3 Å². The first-order valence-corrected chi connectivity index (χ1v) is 9.14. The van der Waals surface area contributed by atoms with Crippen LogP contribution in [0.1, 0.15) is 21.1 Å². The van der Waals surface area contributed by atoms with Crippen LogP contribution < -0.4 is 10.9 Å². The van der Waals surface area contributed by atoms with Crippen LogP contribution in [0, 0.1) is 12.7 Å². The maximum absolute atomic E-state index is 13.9. The van der Waals surface area contributed by atoms with Crippen LogP contribution in [0.15, 0.2) is 41.2 Å². The Balaban J connectivity index is 1.70. The van der Waals surface area contributed by atoms with Crippen LogP contribution in [0.5, 0.6) is 0 Å². The molecule has 0 aliphatic heterocycles. The average Bonchev–Trinajstić information content (AvgIpc) is 3.04. The van der Waals surface area contributed by atoms with E-state index in [-0.39, 0.29) is 23.5 Å². The van der Waals surface area contributed by atoms with Crippen LogP contribution in [0.4, 0.5) is 17.6 Å².